The molecule has 0 spiro atoms. The Bertz CT molecular complexity index is 1660. The molecule has 1 amide bonds. The number of para-hydroxylation sites is 2. The second-order valence-electron chi connectivity index (χ2n) is 7.98. The van der Waals surface area contributed by atoms with E-state index in [0.29, 0.717) is 16.6 Å². The van der Waals surface area contributed by atoms with Gasteiger partial charge in [0, 0.05) is 40.6 Å². The molecule has 3 aromatic carbocycles. The number of benzene rings is 3. The fourth-order valence-electron chi connectivity index (χ4n) is 4.62. The lowest BCUT2D eigenvalue weighted by Crippen LogP contribution is -2.41. The number of anilines is 1. The van der Waals surface area contributed by atoms with E-state index in [-0.39, 0.29) is 24.6 Å². The van der Waals surface area contributed by atoms with Crippen LogP contribution in [0.1, 0.15) is 13.8 Å². The Morgan fingerprint density at radius 1 is 0.727 bits per heavy atom. The molecule has 7 nitrogen and oxygen atoms in total. The standard InChI is InChI=1S/C26H24N4O3/c1-3-28-21-11-7-5-9-18(21)20-15-17(13-14-23(20)28)27-24(31)16-30-22-12-8-6-10-19(22)25(32)29(4-2)26(30)33/h5-15H,3-4,16H2,1-2H3,(H,27,31). The van der Waals surface area contributed by atoms with Crippen molar-refractivity contribution < 1.29 is 4.79 Å². The number of hydrogen-bond donors (Lipinski definition) is 1. The minimum absolute atomic E-state index is 0.186. The van der Waals surface area contributed by atoms with Crippen LogP contribution in [-0.2, 0) is 24.4 Å². The molecule has 0 atom stereocenters. The first kappa shape index (κ1) is 20.8. The summed E-state index contributed by atoms with van der Waals surface area (Å²) >= 11 is 0. The van der Waals surface area contributed by atoms with Crippen LogP contribution in [0.2, 0.25) is 0 Å². The molecule has 0 bridgehead atoms. The number of carbonyl (C=O) groups is 1. The topological polar surface area (TPSA) is 78.0 Å². The summed E-state index contributed by atoms with van der Waals surface area (Å²) < 4.78 is 4.76. The Labute approximate surface area is 189 Å². The predicted molar refractivity (Wildman–Crippen MR) is 132 cm³/mol. The largest absolute Gasteiger partial charge is 0.341 e. The smallest absolute Gasteiger partial charge is 0.331 e. The predicted octanol–water partition coefficient (Wildman–Crippen LogP) is 3.95. The number of aromatic nitrogens is 3. The SMILES string of the molecule is CCn1c(=O)c2ccccc2n(CC(=O)Nc2ccc3c(c2)c2ccccc2n3CC)c1=O. The quantitative estimate of drug-likeness (QED) is 0.450. The fourth-order valence-corrected chi connectivity index (χ4v) is 4.62. The molecular formula is C26H24N4O3. The van der Waals surface area contributed by atoms with Crippen LogP contribution < -0.4 is 16.6 Å². The average molecular weight is 441 g/mol. The van der Waals surface area contributed by atoms with Crippen molar-refractivity contribution >= 4 is 44.3 Å². The molecule has 0 saturated carbocycles. The molecule has 5 aromatic rings. The van der Waals surface area contributed by atoms with Gasteiger partial charge in [-0.3, -0.25) is 18.7 Å². The number of rotatable bonds is 5. The van der Waals surface area contributed by atoms with Gasteiger partial charge in [-0.15, -0.1) is 0 Å². The Morgan fingerprint density at radius 2 is 1.33 bits per heavy atom. The van der Waals surface area contributed by atoms with Crippen LogP contribution in [0, 0.1) is 0 Å². The Kier molecular flexibility index (Phi) is 5.09. The molecule has 0 aliphatic heterocycles. The van der Waals surface area contributed by atoms with E-state index in [1.165, 1.54) is 4.57 Å². The van der Waals surface area contributed by atoms with Crippen molar-refractivity contribution in [3.8, 4) is 0 Å². The van der Waals surface area contributed by atoms with Gasteiger partial charge in [-0.1, -0.05) is 30.3 Å². The molecule has 2 aromatic heterocycles. The van der Waals surface area contributed by atoms with Gasteiger partial charge in [-0.05, 0) is 50.2 Å². The van der Waals surface area contributed by atoms with Crippen LogP contribution in [0.15, 0.2) is 76.3 Å². The first-order valence-electron chi connectivity index (χ1n) is 11.1. The summed E-state index contributed by atoms with van der Waals surface area (Å²) in [5.41, 5.74) is 2.54. The molecule has 0 aliphatic rings. The molecule has 0 unspecified atom stereocenters. The molecular weight excluding hydrogens is 416 g/mol. The molecule has 7 heteroatoms. The first-order valence-corrected chi connectivity index (χ1v) is 11.1. The number of carbonyl (C=O) groups excluding carboxylic acids is 1. The van der Waals surface area contributed by atoms with Crippen molar-refractivity contribution in [2.45, 2.75) is 33.5 Å². The molecule has 0 fully saturated rings. The Balaban J connectivity index is 1.53. The zero-order chi connectivity index (χ0) is 23.1. The maximum Gasteiger partial charge on any atom is 0.331 e. The third kappa shape index (κ3) is 3.33. The molecule has 0 radical (unpaired) electrons. The van der Waals surface area contributed by atoms with Crippen LogP contribution in [0.25, 0.3) is 32.7 Å². The number of hydrogen-bond acceptors (Lipinski definition) is 3. The highest BCUT2D eigenvalue weighted by molar-refractivity contribution is 6.09. The zero-order valence-electron chi connectivity index (χ0n) is 18.5. The fraction of sp³-hybridized carbons (Fsp3) is 0.192. The van der Waals surface area contributed by atoms with E-state index in [0.717, 1.165) is 32.9 Å². The number of nitrogens with one attached hydrogen (secondary N) is 1. The highest BCUT2D eigenvalue weighted by Gasteiger charge is 2.15. The zero-order valence-corrected chi connectivity index (χ0v) is 18.5. The van der Waals surface area contributed by atoms with Crippen LogP contribution in [0.5, 0.6) is 0 Å². The third-order valence-electron chi connectivity index (χ3n) is 6.12. The normalized spacial score (nSPS) is 11.5. The van der Waals surface area contributed by atoms with Crippen molar-refractivity contribution in [2.75, 3.05) is 5.32 Å². The summed E-state index contributed by atoms with van der Waals surface area (Å²) in [6.07, 6.45) is 0. The summed E-state index contributed by atoms with van der Waals surface area (Å²) in [7, 11) is 0. The van der Waals surface area contributed by atoms with Crippen LogP contribution in [0.3, 0.4) is 0 Å². The highest BCUT2D eigenvalue weighted by atomic mass is 16.2. The van der Waals surface area contributed by atoms with E-state index < -0.39 is 5.69 Å². The number of nitrogens with zero attached hydrogens (tertiary/aromatic N) is 3. The highest BCUT2D eigenvalue weighted by Crippen LogP contribution is 2.31. The van der Waals surface area contributed by atoms with Crippen LogP contribution >= 0.6 is 0 Å². The summed E-state index contributed by atoms with van der Waals surface area (Å²) in [6.45, 7) is 4.75. The van der Waals surface area contributed by atoms with Crippen molar-refractivity contribution in [3.63, 3.8) is 0 Å². The van der Waals surface area contributed by atoms with Crippen LogP contribution in [0.4, 0.5) is 5.69 Å². The van der Waals surface area contributed by atoms with Gasteiger partial charge in [-0.2, -0.15) is 0 Å². The molecule has 0 aliphatic carbocycles. The van der Waals surface area contributed by atoms with Crippen molar-refractivity contribution in [1.29, 1.82) is 0 Å². The van der Waals surface area contributed by atoms with E-state index in [1.807, 2.05) is 30.3 Å². The van der Waals surface area contributed by atoms with E-state index >= 15 is 0 Å². The maximum absolute atomic E-state index is 13.0. The van der Waals surface area contributed by atoms with E-state index in [4.69, 9.17) is 0 Å². The second kappa shape index (κ2) is 8.09. The molecule has 1 N–H and O–H groups in total. The van der Waals surface area contributed by atoms with Crippen molar-refractivity contribution in [3.05, 3.63) is 87.6 Å². The molecule has 166 valence electrons. The lowest BCUT2D eigenvalue weighted by Gasteiger charge is -2.13. The number of aryl methyl sites for hydroxylation is 1. The summed E-state index contributed by atoms with van der Waals surface area (Å²) in [4.78, 5) is 38.5. The summed E-state index contributed by atoms with van der Waals surface area (Å²) in [5.74, 6) is -0.331. The number of amides is 1. The van der Waals surface area contributed by atoms with Gasteiger partial charge >= 0.3 is 5.69 Å². The third-order valence-corrected chi connectivity index (χ3v) is 6.12. The molecule has 5 rings (SSSR count). The van der Waals surface area contributed by atoms with Gasteiger partial charge in [0.1, 0.15) is 6.54 Å². The average Bonchev–Trinajstić information content (AvgIpc) is 3.15. The number of fused-ring (bicyclic) bond motifs is 4. The van der Waals surface area contributed by atoms with Gasteiger partial charge < -0.3 is 9.88 Å². The summed E-state index contributed by atoms with van der Waals surface area (Å²) in [5, 5.41) is 5.53. The van der Waals surface area contributed by atoms with Gasteiger partial charge in [0.25, 0.3) is 5.56 Å². The van der Waals surface area contributed by atoms with Gasteiger partial charge in [0.2, 0.25) is 5.91 Å². The second-order valence-corrected chi connectivity index (χ2v) is 7.98. The monoisotopic (exact) mass is 440 g/mol. The van der Waals surface area contributed by atoms with Gasteiger partial charge in [-0.25, -0.2) is 4.79 Å². The maximum atomic E-state index is 13.0. The van der Waals surface area contributed by atoms with Crippen molar-refractivity contribution in [1.82, 2.24) is 13.7 Å². The molecule has 0 saturated heterocycles. The lowest BCUT2D eigenvalue weighted by molar-refractivity contribution is -0.116. The first-order chi connectivity index (χ1) is 16.0. The van der Waals surface area contributed by atoms with Gasteiger partial charge in [0.05, 0.1) is 10.9 Å². The van der Waals surface area contributed by atoms with Crippen molar-refractivity contribution in [2.24, 2.45) is 0 Å². The molecule has 33 heavy (non-hydrogen) atoms. The van der Waals surface area contributed by atoms with E-state index in [1.54, 1.807) is 31.2 Å². The summed E-state index contributed by atoms with van der Waals surface area (Å²) in [6, 6.07) is 20.9. The van der Waals surface area contributed by atoms with E-state index in [9.17, 15) is 14.4 Å². The lowest BCUT2D eigenvalue weighted by atomic mass is 10.1. The Morgan fingerprint density at radius 3 is 2.03 bits per heavy atom. The van der Waals surface area contributed by atoms with Gasteiger partial charge in [0.15, 0.2) is 0 Å². The minimum Gasteiger partial charge on any atom is -0.341 e. The Hall–Kier alpha value is -4.13. The minimum atomic E-state index is -0.488. The van der Waals surface area contributed by atoms with E-state index in [2.05, 4.69) is 28.9 Å². The van der Waals surface area contributed by atoms with Crippen LogP contribution in [-0.4, -0.2) is 19.6 Å². The molecule has 2 heterocycles.